The number of amides is 1. The smallest absolute Gasteiger partial charge is 0.427 e. The summed E-state index contributed by atoms with van der Waals surface area (Å²) in [5.41, 5.74) is 2.84. The highest BCUT2D eigenvalue weighted by molar-refractivity contribution is 6.30. The minimum atomic E-state index is -0.663. The van der Waals surface area contributed by atoms with Gasteiger partial charge < -0.3 is 18.9 Å². The molecule has 8 heteroatoms. The summed E-state index contributed by atoms with van der Waals surface area (Å²) in [5.74, 6) is 1.97. The maximum Gasteiger partial charge on any atom is 0.427 e. The number of benzene rings is 2. The molecule has 0 fully saturated rings. The van der Waals surface area contributed by atoms with Crippen LogP contribution in [-0.4, -0.2) is 39.7 Å². The predicted molar refractivity (Wildman–Crippen MR) is 103 cm³/mol. The molecule has 0 bridgehead atoms. The van der Waals surface area contributed by atoms with E-state index >= 15 is 0 Å². The third-order valence-electron chi connectivity index (χ3n) is 3.39. The minimum Gasteiger partial charge on any atom is -0.493 e. The summed E-state index contributed by atoms with van der Waals surface area (Å²) in [6, 6.07) is 12.6. The van der Waals surface area contributed by atoms with Crippen molar-refractivity contribution in [2.24, 2.45) is 5.10 Å². The van der Waals surface area contributed by atoms with Crippen LogP contribution in [0.3, 0.4) is 0 Å². The van der Waals surface area contributed by atoms with E-state index in [1.165, 1.54) is 13.3 Å². The van der Waals surface area contributed by atoms with Gasteiger partial charge >= 0.3 is 6.09 Å². The number of halogens is 1. The zero-order chi connectivity index (χ0) is 19.5. The number of hydrazone groups is 1. The van der Waals surface area contributed by atoms with Crippen molar-refractivity contribution >= 4 is 23.9 Å². The molecule has 0 aliphatic carbocycles. The molecule has 2 aromatic carbocycles. The first-order chi connectivity index (χ1) is 13.1. The molecule has 0 aliphatic heterocycles. The Morgan fingerprint density at radius 3 is 2.48 bits per heavy atom. The van der Waals surface area contributed by atoms with Crippen molar-refractivity contribution in [2.75, 3.05) is 27.4 Å². The van der Waals surface area contributed by atoms with Crippen LogP contribution >= 0.6 is 11.6 Å². The molecule has 0 unspecified atom stereocenters. The monoisotopic (exact) mass is 392 g/mol. The Bertz CT molecular complexity index is 782. The number of para-hydroxylation sites is 2. The van der Waals surface area contributed by atoms with Crippen molar-refractivity contribution in [3.63, 3.8) is 0 Å². The Morgan fingerprint density at radius 2 is 1.78 bits per heavy atom. The molecule has 1 amide bonds. The van der Waals surface area contributed by atoms with Crippen molar-refractivity contribution in [3.05, 3.63) is 53.1 Å². The van der Waals surface area contributed by atoms with E-state index in [0.717, 1.165) is 0 Å². The molecule has 0 spiro atoms. The van der Waals surface area contributed by atoms with E-state index in [1.54, 1.807) is 25.3 Å². The minimum absolute atomic E-state index is 0.433. The average Bonchev–Trinajstić information content (AvgIpc) is 2.69. The van der Waals surface area contributed by atoms with Crippen LogP contribution in [0.2, 0.25) is 5.02 Å². The SMILES string of the molecule is COC(=O)N/N=C\c1cc(Cl)ccc1OCCCOc1ccccc1OC. The standard InChI is InChI=1S/C19H21ClN2O5/c1-24-17-6-3-4-7-18(17)27-11-5-10-26-16-9-8-15(20)12-14(16)13-21-22-19(23)25-2/h3-4,6-9,12-13H,5,10-11H2,1-2H3,(H,22,23)/b21-13-. The molecule has 0 atom stereocenters. The average molecular weight is 393 g/mol. The van der Waals surface area contributed by atoms with Crippen molar-refractivity contribution in [3.8, 4) is 17.2 Å². The van der Waals surface area contributed by atoms with Gasteiger partial charge in [0.25, 0.3) is 0 Å². The highest BCUT2D eigenvalue weighted by Gasteiger charge is 2.05. The molecule has 0 aromatic heterocycles. The highest BCUT2D eigenvalue weighted by Crippen LogP contribution is 2.26. The molecule has 7 nitrogen and oxygen atoms in total. The van der Waals surface area contributed by atoms with Crippen LogP contribution in [0.25, 0.3) is 0 Å². The Balaban J connectivity index is 1.85. The van der Waals surface area contributed by atoms with Gasteiger partial charge in [-0.2, -0.15) is 5.10 Å². The molecule has 0 saturated carbocycles. The first kappa shape index (κ1) is 20.4. The van der Waals surface area contributed by atoms with Crippen LogP contribution in [0, 0.1) is 0 Å². The second-order valence-corrected chi connectivity index (χ2v) is 5.68. The number of carbonyl (C=O) groups is 1. The number of nitrogens with one attached hydrogen (secondary N) is 1. The van der Waals surface area contributed by atoms with Crippen LogP contribution in [0.1, 0.15) is 12.0 Å². The summed E-state index contributed by atoms with van der Waals surface area (Å²) in [6.07, 6.45) is 1.44. The van der Waals surface area contributed by atoms with Crippen LogP contribution < -0.4 is 19.6 Å². The van der Waals surface area contributed by atoms with Gasteiger partial charge in [0.1, 0.15) is 5.75 Å². The lowest BCUT2D eigenvalue weighted by atomic mass is 10.2. The third kappa shape index (κ3) is 6.71. The lowest BCUT2D eigenvalue weighted by Gasteiger charge is -2.12. The molecule has 0 heterocycles. The highest BCUT2D eigenvalue weighted by atomic mass is 35.5. The summed E-state index contributed by atoms with van der Waals surface area (Å²) < 4.78 is 21.2. The molecule has 2 rings (SSSR count). The fraction of sp³-hybridized carbons (Fsp3) is 0.263. The van der Waals surface area contributed by atoms with Crippen molar-refractivity contribution < 1.29 is 23.7 Å². The van der Waals surface area contributed by atoms with Crippen molar-refractivity contribution in [2.45, 2.75) is 6.42 Å². The number of nitrogens with zero attached hydrogens (tertiary/aromatic N) is 1. The second-order valence-electron chi connectivity index (χ2n) is 5.25. The second kappa shape index (κ2) is 10.9. The zero-order valence-electron chi connectivity index (χ0n) is 15.1. The number of methoxy groups -OCH3 is 2. The van der Waals surface area contributed by atoms with Gasteiger partial charge in [0.05, 0.1) is 33.6 Å². The summed E-state index contributed by atoms with van der Waals surface area (Å²) in [7, 11) is 2.86. The largest absolute Gasteiger partial charge is 0.493 e. The molecule has 0 aliphatic rings. The summed E-state index contributed by atoms with van der Waals surface area (Å²) >= 11 is 6.00. The molecular weight excluding hydrogens is 372 g/mol. The van der Waals surface area contributed by atoms with Crippen LogP contribution in [0.4, 0.5) is 4.79 Å². The summed E-state index contributed by atoms with van der Waals surface area (Å²) in [4.78, 5) is 11.0. The van der Waals surface area contributed by atoms with Gasteiger partial charge in [-0.1, -0.05) is 23.7 Å². The summed E-state index contributed by atoms with van der Waals surface area (Å²) in [6.45, 7) is 0.906. The Morgan fingerprint density at radius 1 is 1.07 bits per heavy atom. The maximum atomic E-state index is 11.0. The van der Waals surface area contributed by atoms with Gasteiger partial charge in [0, 0.05) is 17.0 Å². The molecule has 0 radical (unpaired) electrons. The quantitative estimate of drug-likeness (QED) is 0.398. The Labute approximate surface area is 162 Å². The Kier molecular flexibility index (Phi) is 8.25. The predicted octanol–water partition coefficient (Wildman–Crippen LogP) is 3.89. The number of carbonyl (C=O) groups excluding carboxylic acids is 1. The third-order valence-corrected chi connectivity index (χ3v) is 3.62. The molecule has 1 N–H and O–H groups in total. The van der Waals surface area contributed by atoms with Gasteiger partial charge in [-0.05, 0) is 30.3 Å². The van der Waals surface area contributed by atoms with Crippen LogP contribution in [0.15, 0.2) is 47.6 Å². The summed E-state index contributed by atoms with van der Waals surface area (Å²) in [5, 5.41) is 4.32. The molecular formula is C19H21ClN2O5. The molecule has 144 valence electrons. The Hall–Kier alpha value is -2.93. The van der Waals surface area contributed by atoms with Gasteiger partial charge in [-0.15, -0.1) is 0 Å². The normalized spacial score (nSPS) is 10.5. The van der Waals surface area contributed by atoms with Crippen molar-refractivity contribution in [1.29, 1.82) is 0 Å². The first-order valence-corrected chi connectivity index (χ1v) is 8.57. The van der Waals surface area contributed by atoms with E-state index in [4.69, 9.17) is 25.8 Å². The lowest BCUT2D eigenvalue weighted by molar-refractivity contribution is 0.171. The van der Waals surface area contributed by atoms with E-state index in [-0.39, 0.29) is 0 Å². The topological polar surface area (TPSA) is 78.4 Å². The van der Waals surface area contributed by atoms with Crippen molar-refractivity contribution in [1.82, 2.24) is 5.43 Å². The van der Waals surface area contributed by atoms with E-state index < -0.39 is 6.09 Å². The first-order valence-electron chi connectivity index (χ1n) is 8.19. The van der Waals surface area contributed by atoms with Gasteiger partial charge in [-0.25, -0.2) is 10.2 Å². The zero-order valence-corrected chi connectivity index (χ0v) is 15.9. The fourth-order valence-electron chi connectivity index (χ4n) is 2.11. The fourth-order valence-corrected chi connectivity index (χ4v) is 2.29. The van der Waals surface area contributed by atoms with E-state index in [0.29, 0.717) is 47.5 Å². The molecule has 2 aromatic rings. The lowest BCUT2D eigenvalue weighted by Crippen LogP contribution is -2.16. The van der Waals surface area contributed by atoms with E-state index in [2.05, 4.69) is 15.3 Å². The van der Waals surface area contributed by atoms with E-state index in [1.807, 2.05) is 24.3 Å². The van der Waals surface area contributed by atoms with E-state index in [9.17, 15) is 4.79 Å². The van der Waals surface area contributed by atoms with Gasteiger partial charge in [0.15, 0.2) is 11.5 Å². The maximum absolute atomic E-state index is 11.0. The van der Waals surface area contributed by atoms with Crippen LogP contribution in [0.5, 0.6) is 17.2 Å². The number of ether oxygens (including phenoxy) is 4. The van der Waals surface area contributed by atoms with Gasteiger partial charge in [-0.3, -0.25) is 0 Å². The van der Waals surface area contributed by atoms with Crippen LogP contribution in [-0.2, 0) is 4.74 Å². The number of hydrogen-bond acceptors (Lipinski definition) is 6. The molecule has 0 saturated heterocycles. The number of hydrogen-bond donors (Lipinski definition) is 1. The van der Waals surface area contributed by atoms with Gasteiger partial charge in [0.2, 0.25) is 0 Å². The number of rotatable bonds is 9. The molecule has 27 heavy (non-hydrogen) atoms.